The number of hydrogen-bond acceptors (Lipinski definition) is 3. The average molecular weight is 291 g/mol. The average Bonchev–Trinajstić information content (AvgIpc) is 2.27. The van der Waals surface area contributed by atoms with E-state index in [4.69, 9.17) is 0 Å². The van der Waals surface area contributed by atoms with Crippen molar-refractivity contribution in [1.29, 1.82) is 0 Å². The van der Waals surface area contributed by atoms with Crippen LogP contribution in [0, 0.1) is 11.8 Å². The second-order valence-electron chi connectivity index (χ2n) is 6.17. The lowest BCUT2D eigenvalue weighted by molar-refractivity contribution is 0.262. The van der Waals surface area contributed by atoms with E-state index in [2.05, 4.69) is 23.9 Å². The molecule has 0 aromatic carbocycles. The molecule has 0 amide bonds. The maximum Gasteiger partial charge on any atom is 0.279 e. The summed E-state index contributed by atoms with van der Waals surface area (Å²) in [7, 11) is -3.28. The second kappa shape index (κ2) is 7.57. The molecule has 0 saturated carbocycles. The van der Waals surface area contributed by atoms with E-state index in [1.54, 1.807) is 4.31 Å². The van der Waals surface area contributed by atoms with Crippen LogP contribution in [0.5, 0.6) is 0 Å². The fourth-order valence-corrected chi connectivity index (χ4v) is 3.74. The van der Waals surface area contributed by atoms with Gasteiger partial charge >= 0.3 is 0 Å². The predicted molar refractivity (Wildman–Crippen MR) is 79.2 cm³/mol. The van der Waals surface area contributed by atoms with Crippen LogP contribution in [0.2, 0.25) is 0 Å². The van der Waals surface area contributed by atoms with Gasteiger partial charge in [0.2, 0.25) is 0 Å². The van der Waals surface area contributed by atoms with Crippen LogP contribution in [0.15, 0.2) is 0 Å². The molecular formula is C13H29N3O2S. The Labute approximate surface area is 118 Å². The highest BCUT2D eigenvalue weighted by molar-refractivity contribution is 7.87. The molecule has 6 heteroatoms. The van der Waals surface area contributed by atoms with Gasteiger partial charge in [-0.2, -0.15) is 17.4 Å². The minimum atomic E-state index is -3.28. The van der Waals surface area contributed by atoms with Crippen molar-refractivity contribution in [2.45, 2.75) is 46.6 Å². The Morgan fingerprint density at radius 3 is 2.21 bits per heavy atom. The van der Waals surface area contributed by atoms with Crippen LogP contribution in [-0.4, -0.2) is 44.9 Å². The van der Waals surface area contributed by atoms with Gasteiger partial charge in [-0.1, -0.05) is 13.8 Å². The van der Waals surface area contributed by atoms with Crippen LogP contribution in [0.3, 0.4) is 0 Å². The monoisotopic (exact) mass is 291 g/mol. The maximum atomic E-state index is 12.0. The van der Waals surface area contributed by atoms with Crippen molar-refractivity contribution in [2.24, 2.45) is 11.8 Å². The van der Waals surface area contributed by atoms with Gasteiger partial charge in [0.1, 0.15) is 0 Å². The first-order valence-corrected chi connectivity index (χ1v) is 8.73. The zero-order valence-electron chi connectivity index (χ0n) is 12.6. The Morgan fingerprint density at radius 1 is 1.16 bits per heavy atom. The molecule has 1 aliphatic rings. The molecule has 1 saturated heterocycles. The van der Waals surface area contributed by atoms with Gasteiger partial charge in [-0.25, -0.2) is 0 Å². The van der Waals surface area contributed by atoms with Gasteiger partial charge in [0.05, 0.1) is 0 Å². The van der Waals surface area contributed by atoms with Crippen molar-refractivity contribution >= 4 is 10.2 Å². The second-order valence-corrected chi connectivity index (χ2v) is 7.87. The summed E-state index contributed by atoms with van der Waals surface area (Å²) in [5.41, 5.74) is 0. The third kappa shape index (κ3) is 6.21. The standard InChI is InChI=1S/C13H29N3O2S/c1-11(2)9-14-10-13-5-7-16(8-6-13)19(17,18)15-12(3)4/h11-15H,5-10H2,1-4H3. The minimum Gasteiger partial charge on any atom is -0.316 e. The summed E-state index contributed by atoms with van der Waals surface area (Å²) < 4.78 is 28.2. The van der Waals surface area contributed by atoms with E-state index in [1.165, 1.54) is 0 Å². The summed E-state index contributed by atoms with van der Waals surface area (Å²) in [4.78, 5) is 0. The number of piperidine rings is 1. The predicted octanol–water partition coefficient (Wildman–Crippen LogP) is 1.19. The lowest BCUT2D eigenvalue weighted by atomic mass is 9.98. The van der Waals surface area contributed by atoms with Crippen molar-refractivity contribution in [1.82, 2.24) is 14.3 Å². The largest absolute Gasteiger partial charge is 0.316 e. The van der Waals surface area contributed by atoms with Gasteiger partial charge in [0.15, 0.2) is 0 Å². The molecule has 1 heterocycles. The molecule has 0 aromatic rings. The van der Waals surface area contributed by atoms with Crippen molar-refractivity contribution in [3.05, 3.63) is 0 Å². The number of nitrogens with zero attached hydrogens (tertiary/aromatic N) is 1. The zero-order chi connectivity index (χ0) is 14.5. The van der Waals surface area contributed by atoms with E-state index in [0.29, 0.717) is 24.9 Å². The highest BCUT2D eigenvalue weighted by Crippen LogP contribution is 2.18. The SMILES string of the molecule is CC(C)CNCC1CCN(S(=O)(=O)NC(C)C)CC1. The van der Waals surface area contributed by atoms with Crippen LogP contribution >= 0.6 is 0 Å². The van der Waals surface area contributed by atoms with E-state index >= 15 is 0 Å². The molecule has 19 heavy (non-hydrogen) atoms. The molecule has 0 spiro atoms. The van der Waals surface area contributed by atoms with E-state index in [0.717, 1.165) is 25.9 Å². The molecule has 0 radical (unpaired) electrons. The Bertz CT molecular complexity index is 347. The summed E-state index contributed by atoms with van der Waals surface area (Å²) in [5, 5.41) is 3.46. The molecule has 0 atom stereocenters. The molecule has 0 unspecified atom stereocenters. The molecule has 1 rings (SSSR count). The van der Waals surface area contributed by atoms with Crippen LogP contribution in [-0.2, 0) is 10.2 Å². The van der Waals surface area contributed by atoms with Crippen LogP contribution in [0.25, 0.3) is 0 Å². The topological polar surface area (TPSA) is 61.4 Å². The van der Waals surface area contributed by atoms with Crippen LogP contribution < -0.4 is 10.0 Å². The minimum absolute atomic E-state index is 0.0459. The van der Waals surface area contributed by atoms with Crippen molar-refractivity contribution < 1.29 is 8.42 Å². The first-order valence-electron chi connectivity index (χ1n) is 7.29. The third-order valence-electron chi connectivity index (χ3n) is 3.28. The number of nitrogens with one attached hydrogen (secondary N) is 2. The van der Waals surface area contributed by atoms with Crippen molar-refractivity contribution in [3.8, 4) is 0 Å². The molecule has 114 valence electrons. The van der Waals surface area contributed by atoms with E-state index < -0.39 is 10.2 Å². The van der Waals surface area contributed by atoms with Crippen molar-refractivity contribution in [2.75, 3.05) is 26.2 Å². The summed E-state index contributed by atoms with van der Waals surface area (Å²) in [6, 6.07) is -0.0459. The molecule has 1 fully saturated rings. The Morgan fingerprint density at radius 2 is 1.74 bits per heavy atom. The fraction of sp³-hybridized carbons (Fsp3) is 1.00. The first kappa shape index (κ1) is 16.9. The zero-order valence-corrected chi connectivity index (χ0v) is 13.5. The third-order valence-corrected chi connectivity index (χ3v) is 5.10. The van der Waals surface area contributed by atoms with Crippen LogP contribution in [0.1, 0.15) is 40.5 Å². The summed E-state index contributed by atoms with van der Waals surface area (Å²) in [6.07, 6.45) is 1.90. The van der Waals surface area contributed by atoms with Gasteiger partial charge in [-0.05, 0) is 51.6 Å². The Balaban J connectivity index is 2.32. The normalized spacial score (nSPS) is 19.5. The fourth-order valence-electron chi connectivity index (χ4n) is 2.30. The van der Waals surface area contributed by atoms with Gasteiger partial charge < -0.3 is 5.32 Å². The van der Waals surface area contributed by atoms with Gasteiger partial charge in [-0.15, -0.1) is 0 Å². The molecule has 1 aliphatic heterocycles. The van der Waals surface area contributed by atoms with Gasteiger partial charge in [0, 0.05) is 19.1 Å². The smallest absolute Gasteiger partial charge is 0.279 e. The molecular weight excluding hydrogens is 262 g/mol. The summed E-state index contributed by atoms with van der Waals surface area (Å²) in [6.45, 7) is 11.4. The lowest BCUT2D eigenvalue weighted by Gasteiger charge is -2.32. The lowest BCUT2D eigenvalue weighted by Crippen LogP contribution is -2.47. The molecule has 0 bridgehead atoms. The maximum absolute atomic E-state index is 12.0. The highest BCUT2D eigenvalue weighted by Gasteiger charge is 2.27. The van der Waals surface area contributed by atoms with E-state index in [9.17, 15) is 8.42 Å². The van der Waals surface area contributed by atoms with E-state index in [1.807, 2.05) is 13.8 Å². The van der Waals surface area contributed by atoms with E-state index in [-0.39, 0.29) is 6.04 Å². The molecule has 5 nitrogen and oxygen atoms in total. The quantitative estimate of drug-likeness (QED) is 0.740. The highest BCUT2D eigenvalue weighted by atomic mass is 32.2. The van der Waals surface area contributed by atoms with Gasteiger partial charge in [0.25, 0.3) is 10.2 Å². The molecule has 2 N–H and O–H groups in total. The number of hydrogen-bond donors (Lipinski definition) is 2. The molecule has 0 aromatic heterocycles. The van der Waals surface area contributed by atoms with Crippen molar-refractivity contribution in [3.63, 3.8) is 0 Å². The Kier molecular flexibility index (Phi) is 6.73. The first-order chi connectivity index (χ1) is 8.81. The molecule has 0 aliphatic carbocycles. The Hall–Kier alpha value is -0.170. The summed E-state index contributed by atoms with van der Waals surface area (Å²) >= 11 is 0. The van der Waals surface area contributed by atoms with Gasteiger partial charge in [-0.3, -0.25) is 0 Å². The number of rotatable bonds is 7. The van der Waals surface area contributed by atoms with Crippen LogP contribution in [0.4, 0.5) is 0 Å². The summed E-state index contributed by atoms with van der Waals surface area (Å²) in [5.74, 6) is 1.26.